The van der Waals surface area contributed by atoms with Crippen molar-refractivity contribution in [3.05, 3.63) is 30.1 Å². The molecule has 7 nitrogen and oxygen atoms in total. The van der Waals surface area contributed by atoms with Gasteiger partial charge in [-0.15, -0.1) is 20.4 Å². The smallest absolute Gasteiger partial charge is 0.266 e. The third kappa shape index (κ3) is 3.32. The maximum Gasteiger partial charge on any atom is 0.266 e. The fraction of sp³-hybridized carbons (Fsp3) is 0.200. The van der Waals surface area contributed by atoms with Crippen molar-refractivity contribution in [2.24, 2.45) is 0 Å². The number of nitrogens with one attached hydrogen (secondary N) is 2. The Morgan fingerprint density at radius 3 is 2.22 bits per heavy atom. The van der Waals surface area contributed by atoms with E-state index in [1.807, 2.05) is 0 Å². The molecule has 0 aliphatic heterocycles. The van der Waals surface area contributed by atoms with E-state index >= 15 is 0 Å². The Labute approximate surface area is 102 Å². The zero-order chi connectivity index (χ0) is 12.8. The maximum absolute atomic E-state index is 12.7. The fourth-order valence-electron chi connectivity index (χ4n) is 1.18. The second-order valence-electron chi connectivity index (χ2n) is 3.33. The molecule has 94 valence electrons. The van der Waals surface area contributed by atoms with Crippen LogP contribution in [0.5, 0.6) is 0 Å². The predicted octanol–water partition coefficient (Wildman–Crippen LogP) is 0.553. The standard InChI is InChI=1S/C10H11FN6O/c11-7-1-3-8(4-2-7)13-10-16-14-9(15-17-10)12-5-6-18/h1-4,18H,5-6H2,(H,12,14,15)(H,13,16,17). The highest BCUT2D eigenvalue weighted by Gasteiger charge is 2.01. The summed E-state index contributed by atoms with van der Waals surface area (Å²) < 4.78 is 12.7. The number of nitrogens with zero attached hydrogens (tertiary/aromatic N) is 4. The van der Waals surface area contributed by atoms with Gasteiger partial charge in [0.05, 0.1) is 6.61 Å². The van der Waals surface area contributed by atoms with Gasteiger partial charge < -0.3 is 15.7 Å². The summed E-state index contributed by atoms with van der Waals surface area (Å²) in [4.78, 5) is 0. The van der Waals surface area contributed by atoms with E-state index < -0.39 is 0 Å². The van der Waals surface area contributed by atoms with Crippen molar-refractivity contribution >= 4 is 17.6 Å². The van der Waals surface area contributed by atoms with Crippen molar-refractivity contribution in [3.8, 4) is 0 Å². The van der Waals surface area contributed by atoms with Gasteiger partial charge in [0.15, 0.2) is 0 Å². The minimum absolute atomic E-state index is 0.0288. The zero-order valence-corrected chi connectivity index (χ0v) is 9.34. The molecule has 0 bridgehead atoms. The molecule has 1 aromatic heterocycles. The lowest BCUT2D eigenvalue weighted by Crippen LogP contribution is -2.11. The molecule has 2 aromatic rings. The van der Waals surface area contributed by atoms with Crippen LogP contribution in [-0.2, 0) is 0 Å². The third-order valence-electron chi connectivity index (χ3n) is 1.97. The predicted molar refractivity (Wildman–Crippen MR) is 62.9 cm³/mol. The van der Waals surface area contributed by atoms with Gasteiger partial charge in [-0.3, -0.25) is 0 Å². The average molecular weight is 250 g/mol. The molecular formula is C10H11FN6O. The lowest BCUT2D eigenvalue weighted by Gasteiger charge is -2.04. The van der Waals surface area contributed by atoms with E-state index in [0.29, 0.717) is 12.2 Å². The summed E-state index contributed by atoms with van der Waals surface area (Å²) in [6.45, 7) is 0.299. The molecule has 0 fully saturated rings. The molecule has 0 aliphatic rings. The molecule has 3 N–H and O–H groups in total. The number of aliphatic hydroxyl groups is 1. The monoisotopic (exact) mass is 250 g/mol. The third-order valence-corrected chi connectivity index (χ3v) is 1.97. The van der Waals surface area contributed by atoms with E-state index in [1.54, 1.807) is 12.1 Å². The number of benzene rings is 1. The van der Waals surface area contributed by atoms with Crippen LogP contribution in [0.2, 0.25) is 0 Å². The van der Waals surface area contributed by atoms with Gasteiger partial charge in [-0.25, -0.2) is 4.39 Å². The second kappa shape index (κ2) is 5.82. The normalized spacial score (nSPS) is 10.1. The summed E-state index contributed by atoms with van der Waals surface area (Å²) in [5.41, 5.74) is 0.635. The Balaban J connectivity index is 1.99. The van der Waals surface area contributed by atoms with Gasteiger partial charge in [0.2, 0.25) is 0 Å². The van der Waals surface area contributed by atoms with Gasteiger partial charge in [-0.05, 0) is 24.3 Å². The van der Waals surface area contributed by atoms with E-state index in [0.717, 1.165) is 0 Å². The zero-order valence-electron chi connectivity index (χ0n) is 9.34. The SMILES string of the molecule is OCCNc1nnc(Nc2ccc(F)cc2)nn1. The van der Waals surface area contributed by atoms with Gasteiger partial charge >= 0.3 is 0 Å². The first-order valence-electron chi connectivity index (χ1n) is 5.22. The average Bonchev–Trinajstić information content (AvgIpc) is 2.41. The topological polar surface area (TPSA) is 95.8 Å². The quantitative estimate of drug-likeness (QED) is 0.713. The van der Waals surface area contributed by atoms with Crippen molar-refractivity contribution in [1.82, 2.24) is 20.4 Å². The van der Waals surface area contributed by atoms with Crippen molar-refractivity contribution in [3.63, 3.8) is 0 Å². The van der Waals surface area contributed by atoms with Gasteiger partial charge in [-0.2, -0.15) is 0 Å². The number of aromatic nitrogens is 4. The van der Waals surface area contributed by atoms with Crippen molar-refractivity contribution < 1.29 is 9.50 Å². The molecule has 8 heteroatoms. The van der Waals surface area contributed by atoms with Crippen LogP contribution in [0.15, 0.2) is 24.3 Å². The lowest BCUT2D eigenvalue weighted by molar-refractivity contribution is 0.310. The highest BCUT2D eigenvalue weighted by atomic mass is 19.1. The highest BCUT2D eigenvalue weighted by Crippen LogP contribution is 2.12. The van der Waals surface area contributed by atoms with E-state index in [2.05, 4.69) is 31.0 Å². The minimum atomic E-state index is -0.318. The molecule has 0 saturated heterocycles. The van der Waals surface area contributed by atoms with Crippen LogP contribution in [0.3, 0.4) is 0 Å². The van der Waals surface area contributed by atoms with Gasteiger partial charge in [-0.1, -0.05) is 0 Å². The molecule has 2 rings (SSSR count). The minimum Gasteiger partial charge on any atom is -0.395 e. The van der Waals surface area contributed by atoms with Crippen LogP contribution in [0.1, 0.15) is 0 Å². The summed E-state index contributed by atoms with van der Waals surface area (Å²) in [6.07, 6.45) is 0. The van der Waals surface area contributed by atoms with E-state index in [1.165, 1.54) is 12.1 Å². The number of rotatable bonds is 5. The summed E-state index contributed by atoms with van der Waals surface area (Å²) in [5, 5.41) is 29.2. The Kier molecular flexibility index (Phi) is 3.92. The second-order valence-corrected chi connectivity index (χ2v) is 3.33. The Hall–Kier alpha value is -2.35. The molecule has 0 spiro atoms. The molecule has 0 aliphatic carbocycles. The molecule has 0 atom stereocenters. The van der Waals surface area contributed by atoms with Crippen LogP contribution in [0, 0.1) is 5.82 Å². The van der Waals surface area contributed by atoms with Gasteiger partial charge in [0.25, 0.3) is 11.9 Å². The number of anilines is 3. The first-order valence-corrected chi connectivity index (χ1v) is 5.22. The van der Waals surface area contributed by atoms with Crippen LogP contribution in [0.25, 0.3) is 0 Å². The summed E-state index contributed by atoms with van der Waals surface area (Å²) in [5.74, 6) is 0.117. The number of hydrogen-bond donors (Lipinski definition) is 3. The Morgan fingerprint density at radius 2 is 1.61 bits per heavy atom. The van der Waals surface area contributed by atoms with Crippen molar-refractivity contribution in [1.29, 1.82) is 0 Å². The van der Waals surface area contributed by atoms with Crippen LogP contribution >= 0.6 is 0 Å². The lowest BCUT2D eigenvalue weighted by atomic mass is 10.3. The van der Waals surface area contributed by atoms with E-state index in [4.69, 9.17) is 5.11 Å². The summed E-state index contributed by atoms with van der Waals surface area (Å²) >= 11 is 0. The van der Waals surface area contributed by atoms with E-state index in [-0.39, 0.29) is 24.3 Å². The summed E-state index contributed by atoms with van der Waals surface area (Å²) in [6, 6.07) is 5.74. The largest absolute Gasteiger partial charge is 0.395 e. The van der Waals surface area contributed by atoms with Crippen LogP contribution in [-0.4, -0.2) is 38.7 Å². The molecular weight excluding hydrogens is 239 g/mol. The van der Waals surface area contributed by atoms with E-state index in [9.17, 15) is 4.39 Å². The first-order chi connectivity index (χ1) is 8.78. The molecule has 0 unspecified atom stereocenters. The van der Waals surface area contributed by atoms with Crippen molar-refractivity contribution in [2.45, 2.75) is 0 Å². The molecule has 0 saturated carbocycles. The Morgan fingerprint density at radius 1 is 1.00 bits per heavy atom. The molecule has 0 amide bonds. The number of hydrogen-bond acceptors (Lipinski definition) is 7. The first kappa shape index (κ1) is 12.1. The fourth-order valence-corrected chi connectivity index (χ4v) is 1.18. The van der Waals surface area contributed by atoms with Crippen LogP contribution in [0.4, 0.5) is 22.0 Å². The molecule has 0 radical (unpaired) electrons. The highest BCUT2D eigenvalue weighted by molar-refractivity contribution is 5.52. The van der Waals surface area contributed by atoms with Crippen molar-refractivity contribution in [2.75, 3.05) is 23.8 Å². The van der Waals surface area contributed by atoms with Gasteiger partial charge in [0.1, 0.15) is 5.82 Å². The molecule has 1 aromatic carbocycles. The van der Waals surface area contributed by atoms with Gasteiger partial charge in [0, 0.05) is 12.2 Å². The van der Waals surface area contributed by atoms with Crippen LogP contribution < -0.4 is 10.6 Å². The maximum atomic E-state index is 12.7. The summed E-state index contributed by atoms with van der Waals surface area (Å²) in [7, 11) is 0. The number of halogens is 1. The number of aliphatic hydroxyl groups excluding tert-OH is 1. The molecule has 18 heavy (non-hydrogen) atoms. The Bertz CT molecular complexity index is 489. The molecule has 1 heterocycles.